The first-order valence-electron chi connectivity index (χ1n) is 6.72. The third-order valence-electron chi connectivity index (χ3n) is 3.52. The Hall–Kier alpha value is -2.38. The van der Waals surface area contributed by atoms with Crippen LogP contribution in [-0.4, -0.2) is 20.4 Å². The number of rotatable bonds is 2. The smallest absolute Gasteiger partial charge is 0.402 e. The molecule has 8 heteroatoms. The van der Waals surface area contributed by atoms with Crippen molar-refractivity contribution in [2.24, 2.45) is 11.7 Å². The standard InChI is InChI=1S/C14H13F3N4O/c1-7-19-10-4-5-11(14(15,16)17)20-13(10)21(7)12(22)6-9(18)8-2-3-8/h4-6,8H,2-3,18H2,1H3/b9-6-. The molecule has 2 aromatic rings. The Morgan fingerprint density at radius 2 is 2.05 bits per heavy atom. The fourth-order valence-corrected chi connectivity index (χ4v) is 2.23. The summed E-state index contributed by atoms with van der Waals surface area (Å²) < 4.78 is 39.4. The predicted octanol–water partition coefficient (Wildman–Crippen LogP) is 2.65. The van der Waals surface area contributed by atoms with Crippen LogP contribution in [0, 0.1) is 12.8 Å². The molecule has 1 aliphatic carbocycles. The lowest BCUT2D eigenvalue weighted by atomic mass is 10.3. The van der Waals surface area contributed by atoms with Gasteiger partial charge in [0.15, 0.2) is 5.65 Å². The van der Waals surface area contributed by atoms with E-state index >= 15 is 0 Å². The third kappa shape index (κ3) is 2.56. The van der Waals surface area contributed by atoms with E-state index in [1.54, 1.807) is 0 Å². The second-order valence-corrected chi connectivity index (χ2v) is 5.29. The number of carbonyl (C=O) groups excluding carboxylic acids is 1. The number of aromatic nitrogens is 3. The molecule has 1 fully saturated rings. The monoisotopic (exact) mass is 310 g/mol. The number of halogens is 3. The maximum atomic E-state index is 12.8. The van der Waals surface area contributed by atoms with Crippen molar-refractivity contribution in [3.8, 4) is 0 Å². The van der Waals surface area contributed by atoms with Crippen molar-refractivity contribution in [2.45, 2.75) is 25.9 Å². The van der Waals surface area contributed by atoms with Gasteiger partial charge in [-0.3, -0.25) is 4.79 Å². The molecule has 22 heavy (non-hydrogen) atoms. The highest BCUT2D eigenvalue weighted by Crippen LogP contribution is 2.34. The predicted molar refractivity (Wildman–Crippen MR) is 72.9 cm³/mol. The van der Waals surface area contributed by atoms with Crippen LogP contribution in [0.4, 0.5) is 13.2 Å². The molecule has 1 aliphatic rings. The Balaban J connectivity index is 2.09. The van der Waals surface area contributed by atoms with E-state index in [0.29, 0.717) is 5.70 Å². The molecule has 0 aliphatic heterocycles. The molecule has 2 N–H and O–H groups in total. The van der Waals surface area contributed by atoms with E-state index in [4.69, 9.17) is 5.73 Å². The second-order valence-electron chi connectivity index (χ2n) is 5.29. The quantitative estimate of drug-likeness (QED) is 0.865. The van der Waals surface area contributed by atoms with Gasteiger partial charge in [0.2, 0.25) is 0 Å². The lowest BCUT2D eigenvalue weighted by Crippen LogP contribution is -2.15. The Morgan fingerprint density at radius 3 is 2.64 bits per heavy atom. The van der Waals surface area contributed by atoms with Gasteiger partial charge >= 0.3 is 6.18 Å². The highest BCUT2D eigenvalue weighted by Gasteiger charge is 2.33. The molecule has 3 rings (SSSR count). The first-order chi connectivity index (χ1) is 10.3. The first-order valence-corrected chi connectivity index (χ1v) is 6.72. The van der Waals surface area contributed by atoms with Crippen LogP contribution in [0.15, 0.2) is 23.9 Å². The number of nitrogens with zero attached hydrogens (tertiary/aromatic N) is 3. The first kappa shape index (κ1) is 14.6. The molecular formula is C14H13F3N4O. The maximum Gasteiger partial charge on any atom is 0.433 e. The number of carbonyl (C=O) groups is 1. The van der Waals surface area contributed by atoms with Crippen LogP contribution in [-0.2, 0) is 6.18 Å². The van der Waals surface area contributed by atoms with Crippen molar-refractivity contribution >= 4 is 17.1 Å². The van der Waals surface area contributed by atoms with Crippen LogP contribution >= 0.6 is 0 Å². The van der Waals surface area contributed by atoms with Crippen molar-refractivity contribution in [1.29, 1.82) is 0 Å². The number of fused-ring (bicyclic) bond motifs is 1. The largest absolute Gasteiger partial charge is 0.433 e. The number of hydrogen-bond acceptors (Lipinski definition) is 4. The van der Waals surface area contributed by atoms with Gasteiger partial charge in [0.25, 0.3) is 5.91 Å². The van der Waals surface area contributed by atoms with E-state index < -0.39 is 17.8 Å². The highest BCUT2D eigenvalue weighted by molar-refractivity contribution is 5.96. The molecule has 0 aromatic carbocycles. The van der Waals surface area contributed by atoms with Gasteiger partial charge in [-0.2, -0.15) is 13.2 Å². The molecule has 116 valence electrons. The van der Waals surface area contributed by atoms with Crippen molar-refractivity contribution in [3.63, 3.8) is 0 Å². The molecule has 0 radical (unpaired) electrons. The number of allylic oxidation sites excluding steroid dienone is 2. The van der Waals surface area contributed by atoms with Crippen LogP contribution < -0.4 is 5.73 Å². The van der Waals surface area contributed by atoms with Gasteiger partial charge in [0, 0.05) is 11.8 Å². The fraction of sp³-hybridized carbons (Fsp3) is 0.357. The molecule has 5 nitrogen and oxygen atoms in total. The van der Waals surface area contributed by atoms with Crippen LogP contribution in [0.25, 0.3) is 11.2 Å². The molecule has 1 saturated carbocycles. The summed E-state index contributed by atoms with van der Waals surface area (Å²) in [5, 5.41) is 0. The van der Waals surface area contributed by atoms with Gasteiger partial charge in [0.1, 0.15) is 17.0 Å². The fourth-order valence-electron chi connectivity index (χ4n) is 2.23. The minimum Gasteiger partial charge on any atom is -0.402 e. The SMILES string of the molecule is Cc1nc2ccc(C(F)(F)F)nc2n1C(=O)/C=C(\N)C1CC1. The van der Waals surface area contributed by atoms with Gasteiger partial charge in [-0.25, -0.2) is 14.5 Å². The van der Waals surface area contributed by atoms with Crippen LogP contribution in [0.3, 0.4) is 0 Å². The molecule has 0 unspecified atom stereocenters. The summed E-state index contributed by atoms with van der Waals surface area (Å²) in [6.07, 6.45) is -1.48. The minimum atomic E-state index is -4.58. The Bertz CT molecular complexity index is 787. The van der Waals surface area contributed by atoms with Crippen molar-refractivity contribution in [2.75, 3.05) is 0 Å². The molecule has 2 aromatic heterocycles. The van der Waals surface area contributed by atoms with Crippen LogP contribution in [0.5, 0.6) is 0 Å². The second kappa shape index (κ2) is 4.82. The summed E-state index contributed by atoms with van der Waals surface area (Å²) in [5.74, 6) is -0.0689. The normalized spacial score (nSPS) is 16.3. The van der Waals surface area contributed by atoms with E-state index in [1.165, 1.54) is 19.1 Å². The number of pyridine rings is 1. The maximum absolute atomic E-state index is 12.8. The number of imidazole rings is 1. The van der Waals surface area contributed by atoms with E-state index in [0.717, 1.165) is 23.5 Å². The van der Waals surface area contributed by atoms with Crippen LogP contribution in [0.1, 0.15) is 29.2 Å². The van der Waals surface area contributed by atoms with E-state index in [9.17, 15) is 18.0 Å². The van der Waals surface area contributed by atoms with Crippen molar-refractivity contribution in [1.82, 2.24) is 14.5 Å². The lowest BCUT2D eigenvalue weighted by molar-refractivity contribution is -0.141. The van der Waals surface area contributed by atoms with Crippen molar-refractivity contribution < 1.29 is 18.0 Å². The Labute approximate surface area is 123 Å². The molecule has 0 atom stereocenters. The van der Waals surface area contributed by atoms with E-state index in [-0.39, 0.29) is 22.9 Å². The number of hydrogen-bond donors (Lipinski definition) is 1. The van der Waals surface area contributed by atoms with Crippen LogP contribution in [0.2, 0.25) is 0 Å². The molecular weight excluding hydrogens is 297 g/mol. The molecule has 2 heterocycles. The number of nitrogens with two attached hydrogens (primary N) is 1. The zero-order valence-electron chi connectivity index (χ0n) is 11.7. The lowest BCUT2D eigenvalue weighted by Gasteiger charge is -2.06. The number of aryl methyl sites for hydroxylation is 1. The molecule has 0 bridgehead atoms. The topological polar surface area (TPSA) is 73.8 Å². The third-order valence-corrected chi connectivity index (χ3v) is 3.52. The van der Waals surface area contributed by atoms with Gasteiger partial charge in [-0.15, -0.1) is 0 Å². The summed E-state index contributed by atoms with van der Waals surface area (Å²) in [6, 6.07) is 2.05. The summed E-state index contributed by atoms with van der Waals surface area (Å²) in [7, 11) is 0. The average molecular weight is 310 g/mol. The molecule has 0 saturated heterocycles. The van der Waals surface area contributed by atoms with E-state index in [1.807, 2.05) is 0 Å². The number of alkyl halides is 3. The van der Waals surface area contributed by atoms with Gasteiger partial charge in [0.05, 0.1) is 0 Å². The summed E-state index contributed by atoms with van der Waals surface area (Å²) in [4.78, 5) is 19.9. The average Bonchev–Trinajstić information content (AvgIpc) is 3.19. The Kier molecular flexibility index (Phi) is 3.19. The summed E-state index contributed by atoms with van der Waals surface area (Å²) in [5.41, 5.74) is 5.29. The molecule has 0 amide bonds. The zero-order valence-corrected chi connectivity index (χ0v) is 11.7. The van der Waals surface area contributed by atoms with Gasteiger partial charge < -0.3 is 5.73 Å². The molecule has 0 spiro atoms. The zero-order chi connectivity index (χ0) is 16.1. The summed E-state index contributed by atoms with van der Waals surface area (Å²) >= 11 is 0. The van der Waals surface area contributed by atoms with Crippen molar-refractivity contribution in [3.05, 3.63) is 35.4 Å². The van der Waals surface area contributed by atoms with E-state index in [2.05, 4.69) is 9.97 Å². The summed E-state index contributed by atoms with van der Waals surface area (Å²) in [6.45, 7) is 1.54. The van der Waals surface area contributed by atoms with Gasteiger partial charge in [-0.05, 0) is 37.8 Å². The highest BCUT2D eigenvalue weighted by atomic mass is 19.4. The van der Waals surface area contributed by atoms with Gasteiger partial charge in [-0.1, -0.05) is 0 Å². The Morgan fingerprint density at radius 1 is 1.36 bits per heavy atom. The minimum absolute atomic E-state index is 0.114.